The summed E-state index contributed by atoms with van der Waals surface area (Å²) in [7, 11) is 1.51. The molecule has 0 aliphatic heterocycles. The van der Waals surface area contributed by atoms with E-state index < -0.39 is 42.0 Å². The van der Waals surface area contributed by atoms with Gasteiger partial charge in [-0.3, -0.25) is 19.7 Å². The first kappa shape index (κ1) is 38.2. The molecule has 0 radical (unpaired) electrons. The number of aliphatic hydroxyl groups excluding tert-OH is 1. The fraction of sp³-hybridized carbons (Fsp3) is 0.371. The Morgan fingerprint density at radius 2 is 1.86 bits per heavy atom. The minimum atomic E-state index is -1.11. The topological polar surface area (TPSA) is 179 Å². The summed E-state index contributed by atoms with van der Waals surface area (Å²) in [5.41, 5.74) is 14.9. The van der Waals surface area contributed by atoms with Crippen LogP contribution in [0.4, 0.5) is 0 Å². The largest absolute Gasteiger partial charge is 0.391 e. The number of carbonyl (C=O) groups is 3. The van der Waals surface area contributed by atoms with Crippen LogP contribution in [0, 0.1) is 6.92 Å². The van der Waals surface area contributed by atoms with Crippen molar-refractivity contribution in [3.05, 3.63) is 87.7 Å². The zero-order valence-electron chi connectivity index (χ0n) is 27.7. The Hall–Kier alpha value is -3.65. The molecule has 0 spiro atoms. The van der Waals surface area contributed by atoms with Crippen molar-refractivity contribution in [2.45, 2.75) is 80.2 Å². The van der Waals surface area contributed by atoms with Gasteiger partial charge in [-0.2, -0.15) is 0 Å². The molecule has 0 saturated carbocycles. The molecule has 49 heavy (non-hydrogen) atoms. The highest BCUT2D eigenvalue weighted by Crippen LogP contribution is 2.38. The molecular formula is C35H43Cl2N7O4S. The van der Waals surface area contributed by atoms with Gasteiger partial charge >= 0.3 is 0 Å². The monoisotopic (exact) mass is 727 g/mol. The van der Waals surface area contributed by atoms with Crippen molar-refractivity contribution in [2.75, 3.05) is 13.6 Å². The molecule has 2 aromatic carbocycles. The molecule has 0 bridgehead atoms. The van der Waals surface area contributed by atoms with Crippen molar-refractivity contribution in [3.8, 4) is 0 Å². The zero-order chi connectivity index (χ0) is 35.7. The number of nitrogens with one attached hydrogen (secondary N) is 3. The summed E-state index contributed by atoms with van der Waals surface area (Å²) in [4.78, 5) is 50.1. The molecular weight excluding hydrogens is 685 g/mol. The van der Waals surface area contributed by atoms with Crippen LogP contribution in [-0.4, -0.2) is 75.5 Å². The Labute approximate surface area is 300 Å². The SMILES string of the molecule is Cc1cc(Cl)cc(Cl)c1Sc1ncccc1CN[C@H](C(=O)N[C@@H](CCCCN)C(=O)N(C)[C@@H](Cc1c[nH]c2ccccc12)C(N)=O)[C@H](C)O. The van der Waals surface area contributed by atoms with Crippen molar-refractivity contribution in [1.82, 2.24) is 25.5 Å². The van der Waals surface area contributed by atoms with Crippen LogP contribution in [0.3, 0.4) is 0 Å². The van der Waals surface area contributed by atoms with E-state index in [1.165, 1.54) is 30.6 Å². The number of aromatic amines is 1. The molecule has 8 N–H and O–H groups in total. The molecule has 14 heteroatoms. The summed E-state index contributed by atoms with van der Waals surface area (Å²) in [5.74, 6) is -1.71. The van der Waals surface area contributed by atoms with Crippen molar-refractivity contribution < 1.29 is 19.5 Å². The van der Waals surface area contributed by atoms with Gasteiger partial charge < -0.3 is 31.8 Å². The molecule has 4 rings (SSSR count). The molecule has 0 aliphatic carbocycles. The van der Waals surface area contributed by atoms with E-state index in [0.717, 1.165) is 32.5 Å². The van der Waals surface area contributed by atoms with Crippen LogP contribution in [-0.2, 0) is 27.3 Å². The van der Waals surface area contributed by atoms with Crippen LogP contribution < -0.4 is 22.1 Å². The van der Waals surface area contributed by atoms with Crippen LogP contribution in [0.1, 0.15) is 42.9 Å². The average molecular weight is 729 g/mol. The van der Waals surface area contributed by atoms with E-state index in [9.17, 15) is 19.5 Å². The maximum Gasteiger partial charge on any atom is 0.245 e. The van der Waals surface area contributed by atoms with Crippen molar-refractivity contribution in [3.63, 3.8) is 0 Å². The lowest BCUT2D eigenvalue weighted by Crippen LogP contribution is -2.58. The summed E-state index contributed by atoms with van der Waals surface area (Å²) in [6, 6.07) is 11.8. The van der Waals surface area contributed by atoms with Gasteiger partial charge in [0, 0.05) is 53.2 Å². The van der Waals surface area contributed by atoms with E-state index in [-0.39, 0.29) is 19.4 Å². The highest BCUT2D eigenvalue weighted by molar-refractivity contribution is 7.99. The van der Waals surface area contributed by atoms with Crippen molar-refractivity contribution in [1.29, 1.82) is 0 Å². The average Bonchev–Trinajstić information content (AvgIpc) is 3.47. The van der Waals surface area contributed by atoms with E-state index in [2.05, 4.69) is 20.6 Å². The molecule has 0 aliphatic rings. The number of aliphatic hydroxyl groups is 1. The second kappa shape index (κ2) is 17.8. The lowest BCUT2D eigenvalue weighted by atomic mass is 10.0. The minimum absolute atomic E-state index is 0.184. The molecule has 11 nitrogen and oxygen atoms in total. The first-order valence-corrected chi connectivity index (χ1v) is 17.6. The Kier molecular flexibility index (Phi) is 13.9. The summed E-state index contributed by atoms with van der Waals surface area (Å²) >= 11 is 14.0. The number of unbranched alkanes of at least 4 members (excludes halogenated alkanes) is 1. The van der Waals surface area contributed by atoms with Crippen molar-refractivity contribution in [2.24, 2.45) is 11.5 Å². The van der Waals surface area contributed by atoms with Crippen molar-refractivity contribution >= 4 is 63.6 Å². The lowest BCUT2D eigenvalue weighted by Gasteiger charge is -2.31. The van der Waals surface area contributed by atoms with Gasteiger partial charge in [-0.05, 0) is 80.6 Å². The fourth-order valence-electron chi connectivity index (χ4n) is 5.62. The Morgan fingerprint density at radius 1 is 1.10 bits per heavy atom. The van der Waals surface area contributed by atoms with Gasteiger partial charge in [0.15, 0.2) is 0 Å². The van der Waals surface area contributed by atoms with Gasteiger partial charge in [0.1, 0.15) is 23.2 Å². The highest BCUT2D eigenvalue weighted by atomic mass is 35.5. The molecule has 0 unspecified atom stereocenters. The van der Waals surface area contributed by atoms with Crippen LogP contribution in [0.15, 0.2) is 70.8 Å². The number of benzene rings is 2. The number of amides is 3. The number of hydrogen-bond donors (Lipinski definition) is 6. The van der Waals surface area contributed by atoms with E-state index in [4.69, 9.17) is 34.7 Å². The predicted octanol–water partition coefficient (Wildman–Crippen LogP) is 4.34. The number of pyridine rings is 1. The Morgan fingerprint density at radius 3 is 2.55 bits per heavy atom. The van der Waals surface area contributed by atoms with Crippen LogP contribution in [0.2, 0.25) is 10.0 Å². The number of aromatic nitrogens is 2. The van der Waals surface area contributed by atoms with Gasteiger partial charge in [0.2, 0.25) is 17.7 Å². The molecule has 3 amide bonds. The molecule has 2 aromatic heterocycles. The number of nitrogens with two attached hydrogens (primary N) is 2. The third-order valence-corrected chi connectivity index (χ3v) is 10.2. The van der Waals surface area contributed by atoms with Gasteiger partial charge in [0.05, 0.1) is 11.1 Å². The van der Waals surface area contributed by atoms with E-state index >= 15 is 0 Å². The number of halogens is 2. The number of fused-ring (bicyclic) bond motifs is 1. The molecule has 0 saturated heterocycles. The first-order chi connectivity index (χ1) is 23.4. The Bertz CT molecular complexity index is 1750. The minimum Gasteiger partial charge on any atom is -0.391 e. The lowest BCUT2D eigenvalue weighted by molar-refractivity contribution is -0.141. The summed E-state index contributed by atoms with van der Waals surface area (Å²) < 4.78 is 0. The highest BCUT2D eigenvalue weighted by Gasteiger charge is 2.34. The predicted molar refractivity (Wildman–Crippen MR) is 194 cm³/mol. The second-order valence-electron chi connectivity index (χ2n) is 12.0. The summed E-state index contributed by atoms with van der Waals surface area (Å²) in [6.45, 7) is 4.00. The molecule has 2 heterocycles. The van der Waals surface area contributed by atoms with E-state index in [0.29, 0.717) is 34.5 Å². The molecule has 4 aromatic rings. The van der Waals surface area contributed by atoms with Gasteiger partial charge in [0.25, 0.3) is 0 Å². The number of H-pyrrole nitrogens is 1. The first-order valence-electron chi connectivity index (χ1n) is 16.0. The number of hydrogen-bond acceptors (Lipinski definition) is 8. The smallest absolute Gasteiger partial charge is 0.245 e. The van der Waals surface area contributed by atoms with Crippen LogP contribution in [0.25, 0.3) is 10.9 Å². The maximum atomic E-state index is 13.9. The Balaban J connectivity index is 1.50. The number of rotatable bonds is 17. The normalized spacial score (nSPS) is 13.9. The molecule has 4 atom stereocenters. The summed E-state index contributed by atoms with van der Waals surface area (Å²) in [5, 5.41) is 19.3. The van der Waals surface area contributed by atoms with Gasteiger partial charge in [-0.15, -0.1) is 0 Å². The number of aryl methyl sites for hydroxylation is 1. The number of primary amides is 1. The number of likely N-dealkylation sites (N-methyl/N-ethyl adjacent to an activating group) is 1. The number of carbonyl (C=O) groups excluding carboxylic acids is 3. The second-order valence-corrected chi connectivity index (χ2v) is 13.8. The standard InChI is InChI=1S/C35H43Cl2N7O4S/c1-20-15-24(36)17-26(37)31(20)49-34-22(9-8-14-40-34)18-42-30(21(2)45)33(47)43-28(12-6-7-13-38)35(48)44(3)29(32(39)46)16-23-19-41-27-11-5-4-10-25(23)27/h4-5,8-11,14-15,17,19,21,28-30,41-42,45H,6-7,12-13,16,18,38H2,1-3H3,(H2,39,46)(H,43,47)/t21-,28-,29-,30-/m0/s1. The third-order valence-electron chi connectivity index (χ3n) is 8.31. The number of nitrogens with zero attached hydrogens (tertiary/aromatic N) is 2. The van der Waals surface area contributed by atoms with E-state index in [1.54, 1.807) is 24.5 Å². The molecule has 0 fully saturated rings. The number of para-hydroxylation sites is 1. The summed E-state index contributed by atoms with van der Waals surface area (Å²) in [6.07, 6.45) is 4.01. The third kappa shape index (κ3) is 9.96. The van der Waals surface area contributed by atoms with Crippen LogP contribution in [0.5, 0.6) is 0 Å². The van der Waals surface area contributed by atoms with Crippen LogP contribution >= 0.6 is 35.0 Å². The maximum absolute atomic E-state index is 13.9. The quantitative estimate of drug-likeness (QED) is 0.0870. The van der Waals surface area contributed by atoms with E-state index in [1.807, 2.05) is 43.3 Å². The van der Waals surface area contributed by atoms with Gasteiger partial charge in [-0.25, -0.2) is 4.98 Å². The molecule has 262 valence electrons. The van der Waals surface area contributed by atoms with Gasteiger partial charge in [-0.1, -0.05) is 59.2 Å². The zero-order valence-corrected chi connectivity index (χ0v) is 30.0. The fourth-order valence-corrected chi connectivity index (χ4v) is 7.28.